The molecule has 1 aliphatic carbocycles. The first-order valence-corrected chi connectivity index (χ1v) is 8.80. The molecule has 21 heavy (non-hydrogen) atoms. The smallest absolute Gasteiger partial charge is 0.271 e. The Morgan fingerprint density at radius 3 is 2.24 bits per heavy atom. The van der Waals surface area contributed by atoms with E-state index in [0.717, 1.165) is 24.3 Å². The van der Waals surface area contributed by atoms with Gasteiger partial charge in [-0.3, -0.25) is 4.72 Å². The third kappa shape index (κ3) is 4.58. The Morgan fingerprint density at radius 1 is 1.19 bits per heavy atom. The van der Waals surface area contributed by atoms with E-state index in [0.29, 0.717) is 11.1 Å². The van der Waals surface area contributed by atoms with Crippen LogP contribution >= 0.6 is 0 Å². The van der Waals surface area contributed by atoms with Crippen molar-refractivity contribution in [2.45, 2.75) is 40.0 Å². The van der Waals surface area contributed by atoms with Crippen molar-refractivity contribution in [2.75, 3.05) is 4.72 Å². The predicted octanol–water partition coefficient (Wildman–Crippen LogP) is 3.53. The molecule has 0 fully saturated rings. The second kappa shape index (κ2) is 5.81. The summed E-state index contributed by atoms with van der Waals surface area (Å²) < 4.78 is 24.2. The minimum atomic E-state index is -3.70. The van der Waals surface area contributed by atoms with Crippen LogP contribution in [0.15, 0.2) is 30.3 Å². The second-order valence-corrected chi connectivity index (χ2v) is 8.09. The highest BCUT2D eigenvalue weighted by atomic mass is 32.2. The average Bonchev–Trinajstić information content (AvgIpc) is 2.37. The van der Waals surface area contributed by atoms with Crippen LogP contribution in [0, 0.1) is 11.3 Å². The van der Waals surface area contributed by atoms with Gasteiger partial charge in [0.25, 0.3) is 10.2 Å². The SMILES string of the molecule is CC(C)(C)C1CC=C(c2ccc(NS(N)(=O)=O)cc2)CC1. The lowest BCUT2D eigenvalue weighted by Gasteiger charge is -2.33. The van der Waals surface area contributed by atoms with Crippen LogP contribution in [0.2, 0.25) is 0 Å². The topological polar surface area (TPSA) is 72.2 Å². The fourth-order valence-corrected chi connectivity index (χ4v) is 3.26. The molecule has 0 aliphatic heterocycles. The van der Waals surface area contributed by atoms with Gasteiger partial charge in [0.15, 0.2) is 0 Å². The summed E-state index contributed by atoms with van der Waals surface area (Å²) in [6.07, 6.45) is 5.70. The molecule has 4 nitrogen and oxygen atoms in total. The fourth-order valence-electron chi connectivity index (χ4n) is 2.80. The van der Waals surface area contributed by atoms with Crippen molar-refractivity contribution in [1.82, 2.24) is 0 Å². The third-order valence-corrected chi connectivity index (χ3v) is 4.67. The van der Waals surface area contributed by atoms with E-state index in [-0.39, 0.29) is 0 Å². The number of rotatable bonds is 3. The first-order valence-electron chi connectivity index (χ1n) is 7.25. The number of hydrogen-bond acceptors (Lipinski definition) is 2. The Morgan fingerprint density at radius 2 is 1.81 bits per heavy atom. The van der Waals surface area contributed by atoms with Gasteiger partial charge >= 0.3 is 0 Å². The van der Waals surface area contributed by atoms with Gasteiger partial charge in [0.2, 0.25) is 0 Å². The Bertz CT molecular complexity index is 625. The van der Waals surface area contributed by atoms with Crippen molar-refractivity contribution < 1.29 is 8.42 Å². The number of benzene rings is 1. The number of anilines is 1. The molecule has 0 radical (unpaired) electrons. The highest BCUT2D eigenvalue weighted by Gasteiger charge is 2.26. The van der Waals surface area contributed by atoms with Gasteiger partial charge in [0.1, 0.15) is 0 Å². The molecule has 1 aromatic carbocycles. The Balaban J connectivity index is 2.09. The largest absolute Gasteiger partial charge is 0.296 e. The summed E-state index contributed by atoms with van der Waals surface area (Å²) in [5.74, 6) is 0.726. The monoisotopic (exact) mass is 308 g/mol. The number of nitrogens with one attached hydrogen (secondary N) is 1. The maximum Gasteiger partial charge on any atom is 0.296 e. The zero-order valence-corrected chi connectivity index (χ0v) is 13.7. The van der Waals surface area contributed by atoms with Crippen LogP contribution in [-0.2, 0) is 10.2 Å². The third-order valence-electron chi connectivity index (χ3n) is 4.15. The average molecular weight is 308 g/mol. The summed E-state index contributed by atoms with van der Waals surface area (Å²) in [6.45, 7) is 6.89. The van der Waals surface area contributed by atoms with Crippen LogP contribution in [0.25, 0.3) is 5.57 Å². The maximum atomic E-state index is 11.0. The highest BCUT2D eigenvalue weighted by Crippen LogP contribution is 2.39. The molecular weight excluding hydrogens is 284 g/mol. The van der Waals surface area contributed by atoms with Gasteiger partial charge in [-0.2, -0.15) is 8.42 Å². The molecule has 0 saturated carbocycles. The van der Waals surface area contributed by atoms with Gasteiger partial charge in [-0.05, 0) is 53.9 Å². The van der Waals surface area contributed by atoms with Crippen molar-refractivity contribution in [3.63, 3.8) is 0 Å². The molecule has 5 heteroatoms. The lowest BCUT2D eigenvalue weighted by molar-refractivity contribution is 0.225. The number of nitrogens with two attached hydrogens (primary N) is 1. The maximum absolute atomic E-state index is 11.0. The predicted molar refractivity (Wildman–Crippen MR) is 87.9 cm³/mol. The molecule has 0 heterocycles. The molecule has 1 unspecified atom stereocenters. The molecule has 2 rings (SSSR count). The van der Waals surface area contributed by atoms with Crippen LogP contribution in [0.4, 0.5) is 5.69 Å². The van der Waals surface area contributed by atoms with E-state index in [1.165, 1.54) is 12.0 Å². The van der Waals surface area contributed by atoms with Crippen LogP contribution in [0.1, 0.15) is 45.6 Å². The minimum absolute atomic E-state index is 0.352. The van der Waals surface area contributed by atoms with E-state index in [1.807, 2.05) is 12.1 Å². The molecule has 0 spiro atoms. The standard InChI is InChI=1S/C16H24N2O2S/c1-16(2,3)14-8-4-12(5-9-14)13-6-10-15(11-7-13)18-21(17,19)20/h4,6-7,10-11,14,18H,5,8-9H2,1-3H3,(H2,17,19,20). The molecule has 0 aromatic heterocycles. The van der Waals surface area contributed by atoms with Crippen molar-refractivity contribution in [3.8, 4) is 0 Å². The molecule has 0 bridgehead atoms. The molecule has 1 aromatic rings. The van der Waals surface area contributed by atoms with Crippen molar-refractivity contribution in [2.24, 2.45) is 16.5 Å². The van der Waals surface area contributed by atoms with E-state index < -0.39 is 10.2 Å². The normalized spacial score (nSPS) is 20.0. The Labute approximate surface area is 127 Å². The Hall–Kier alpha value is -1.33. The van der Waals surface area contributed by atoms with Crippen molar-refractivity contribution in [3.05, 3.63) is 35.9 Å². The van der Waals surface area contributed by atoms with Crippen LogP contribution < -0.4 is 9.86 Å². The van der Waals surface area contributed by atoms with E-state index in [4.69, 9.17) is 5.14 Å². The van der Waals surface area contributed by atoms with Gasteiger partial charge in [0, 0.05) is 5.69 Å². The second-order valence-electron chi connectivity index (χ2n) is 6.79. The van der Waals surface area contributed by atoms with E-state index in [1.54, 1.807) is 12.1 Å². The highest BCUT2D eigenvalue weighted by molar-refractivity contribution is 7.90. The number of allylic oxidation sites excluding steroid dienone is 2. The first-order chi connectivity index (χ1) is 9.65. The summed E-state index contributed by atoms with van der Waals surface area (Å²) in [5, 5.41) is 4.95. The summed E-state index contributed by atoms with van der Waals surface area (Å²) in [4.78, 5) is 0. The van der Waals surface area contributed by atoms with Gasteiger partial charge in [-0.1, -0.05) is 39.0 Å². The van der Waals surface area contributed by atoms with Gasteiger partial charge in [-0.25, -0.2) is 5.14 Å². The van der Waals surface area contributed by atoms with Gasteiger partial charge in [0.05, 0.1) is 0 Å². The van der Waals surface area contributed by atoms with Crippen LogP contribution in [0.5, 0.6) is 0 Å². The minimum Gasteiger partial charge on any atom is -0.271 e. The lowest BCUT2D eigenvalue weighted by Crippen LogP contribution is -2.22. The van der Waals surface area contributed by atoms with Crippen molar-refractivity contribution in [1.29, 1.82) is 0 Å². The summed E-state index contributed by atoms with van der Waals surface area (Å²) in [6, 6.07) is 7.38. The molecule has 0 saturated heterocycles. The van der Waals surface area contributed by atoms with Crippen molar-refractivity contribution >= 4 is 21.5 Å². The van der Waals surface area contributed by atoms with E-state index in [2.05, 4.69) is 31.6 Å². The Kier molecular flexibility index (Phi) is 4.44. The van der Waals surface area contributed by atoms with Crippen LogP contribution in [0.3, 0.4) is 0 Å². The van der Waals surface area contributed by atoms with Gasteiger partial charge < -0.3 is 0 Å². The molecule has 1 atom stereocenters. The lowest BCUT2D eigenvalue weighted by atomic mass is 9.72. The zero-order chi connectivity index (χ0) is 15.7. The molecule has 0 amide bonds. The fraction of sp³-hybridized carbons (Fsp3) is 0.500. The number of hydrogen-bond donors (Lipinski definition) is 2. The summed E-state index contributed by atoms with van der Waals surface area (Å²) in [7, 11) is -3.70. The first kappa shape index (κ1) is 16.0. The van der Waals surface area contributed by atoms with E-state index in [9.17, 15) is 8.42 Å². The molecule has 1 aliphatic rings. The summed E-state index contributed by atoms with van der Waals surface area (Å²) >= 11 is 0. The van der Waals surface area contributed by atoms with Crippen LogP contribution in [-0.4, -0.2) is 8.42 Å². The quantitative estimate of drug-likeness (QED) is 0.896. The molecule has 116 valence electrons. The van der Waals surface area contributed by atoms with Gasteiger partial charge in [-0.15, -0.1) is 0 Å². The molecular formula is C16H24N2O2S. The van der Waals surface area contributed by atoms with E-state index >= 15 is 0 Å². The zero-order valence-electron chi connectivity index (χ0n) is 12.9. The molecule has 3 N–H and O–H groups in total. The summed E-state index contributed by atoms with van der Waals surface area (Å²) in [5.41, 5.74) is 3.34.